The molecule has 3 N–H and O–H groups in total. The molecule has 1 saturated heterocycles. The maximum Gasteiger partial charge on any atom is 0.330 e. The molecule has 0 unspecified atom stereocenters. The van der Waals surface area contributed by atoms with Crippen LogP contribution in [0, 0.1) is 11.7 Å². The molecule has 1 aliphatic heterocycles. The summed E-state index contributed by atoms with van der Waals surface area (Å²) in [6.45, 7) is 3.13. The third-order valence-corrected chi connectivity index (χ3v) is 3.57. The highest BCUT2D eigenvalue weighted by atomic mass is 19.1. The van der Waals surface area contributed by atoms with E-state index in [9.17, 15) is 28.7 Å². The van der Waals surface area contributed by atoms with Crippen molar-refractivity contribution >= 4 is 0 Å². The zero-order chi connectivity index (χ0) is 17.3. The Morgan fingerprint density at radius 2 is 2.13 bits per heavy atom. The third kappa shape index (κ3) is 3.50. The van der Waals surface area contributed by atoms with E-state index < -0.39 is 48.2 Å². The number of aromatic nitrogens is 2. The fourth-order valence-electron chi connectivity index (χ4n) is 2.58. The number of hydrogen-bond acceptors (Lipinski definition) is 6. The Labute approximate surface area is 129 Å². The van der Waals surface area contributed by atoms with Crippen molar-refractivity contribution in [2.24, 2.45) is 5.92 Å². The van der Waals surface area contributed by atoms with Crippen LogP contribution in [0.4, 0.5) is 8.78 Å². The Kier molecular flexibility index (Phi) is 5.30. The van der Waals surface area contributed by atoms with Gasteiger partial charge in [-0.1, -0.05) is 13.8 Å². The molecule has 0 amide bonds. The van der Waals surface area contributed by atoms with E-state index in [1.165, 1.54) is 0 Å². The van der Waals surface area contributed by atoms with E-state index >= 15 is 0 Å². The molecule has 0 radical (unpaired) electrons. The summed E-state index contributed by atoms with van der Waals surface area (Å²) in [5, 5.41) is 20.0. The molecule has 23 heavy (non-hydrogen) atoms. The number of aromatic amines is 1. The molecule has 4 atom stereocenters. The molecule has 10 heteroatoms. The number of ether oxygens (including phenoxy) is 1. The first-order chi connectivity index (χ1) is 10.8. The van der Waals surface area contributed by atoms with Gasteiger partial charge in [0.05, 0.1) is 18.8 Å². The summed E-state index contributed by atoms with van der Waals surface area (Å²) in [7, 11) is 0. The average molecular weight is 335 g/mol. The summed E-state index contributed by atoms with van der Waals surface area (Å²) in [5.41, 5.74) is -2.27. The van der Waals surface area contributed by atoms with Gasteiger partial charge in [0.15, 0.2) is 12.4 Å². The fraction of sp³-hybridized carbons (Fsp3) is 0.692. The minimum atomic E-state index is -1.92. The van der Waals surface area contributed by atoms with Crippen molar-refractivity contribution in [1.29, 1.82) is 0 Å². The van der Waals surface area contributed by atoms with Crippen LogP contribution in [0.15, 0.2) is 15.8 Å². The first kappa shape index (κ1) is 17.7. The number of rotatable bonds is 5. The number of nitrogens with one attached hydrogen (secondary N) is 1. The molecule has 2 heterocycles. The van der Waals surface area contributed by atoms with E-state index in [2.05, 4.69) is 0 Å². The lowest BCUT2D eigenvalue weighted by atomic mass is 10.1. The zero-order valence-electron chi connectivity index (χ0n) is 12.6. The van der Waals surface area contributed by atoms with Crippen molar-refractivity contribution in [3.05, 3.63) is 32.9 Å². The number of aliphatic hydroxyl groups excluding tert-OH is 1. The lowest BCUT2D eigenvalue weighted by Crippen LogP contribution is -2.47. The molecule has 1 aromatic rings. The monoisotopic (exact) mass is 335 g/mol. The van der Waals surface area contributed by atoms with Crippen LogP contribution in [0.5, 0.6) is 0 Å². The van der Waals surface area contributed by atoms with Gasteiger partial charge in [-0.25, -0.2) is 9.18 Å². The highest BCUT2D eigenvalue weighted by Gasteiger charge is 2.49. The van der Waals surface area contributed by atoms with Crippen LogP contribution >= 0.6 is 0 Å². The molecule has 0 spiro atoms. The fourth-order valence-corrected chi connectivity index (χ4v) is 2.58. The molecule has 1 aliphatic rings. The van der Waals surface area contributed by atoms with Crippen LogP contribution in [-0.2, 0) is 4.74 Å². The van der Waals surface area contributed by atoms with Gasteiger partial charge in [-0.15, -0.1) is 0 Å². The number of nitrogens with zero attached hydrogens (tertiary/aromatic N) is 2. The van der Waals surface area contributed by atoms with Crippen molar-refractivity contribution < 1.29 is 23.8 Å². The van der Waals surface area contributed by atoms with Crippen molar-refractivity contribution in [1.82, 2.24) is 14.6 Å². The largest absolute Gasteiger partial charge is 0.394 e. The number of alkyl halides is 1. The third-order valence-electron chi connectivity index (χ3n) is 3.57. The molecule has 0 aliphatic carbocycles. The van der Waals surface area contributed by atoms with Crippen molar-refractivity contribution in [2.45, 2.75) is 38.4 Å². The van der Waals surface area contributed by atoms with Gasteiger partial charge in [-0.3, -0.25) is 14.3 Å². The molecule has 1 aromatic heterocycles. The molecule has 0 aromatic carbocycles. The van der Waals surface area contributed by atoms with Crippen LogP contribution in [0.2, 0.25) is 0 Å². The lowest BCUT2D eigenvalue weighted by molar-refractivity contribution is -0.160. The molecule has 0 saturated carbocycles. The number of hydrogen-bond donors (Lipinski definition) is 3. The van der Waals surface area contributed by atoms with E-state index in [1.807, 2.05) is 0 Å². The summed E-state index contributed by atoms with van der Waals surface area (Å²) in [6.07, 6.45) is -4.06. The predicted molar refractivity (Wildman–Crippen MR) is 74.3 cm³/mol. The summed E-state index contributed by atoms with van der Waals surface area (Å²) >= 11 is 0. The van der Waals surface area contributed by atoms with Crippen LogP contribution in [-0.4, -0.2) is 56.4 Å². The van der Waals surface area contributed by atoms with Gasteiger partial charge >= 0.3 is 5.69 Å². The summed E-state index contributed by atoms with van der Waals surface area (Å²) in [5.74, 6) is -1.26. The van der Waals surface area contributed by atoms with Crippen molar-refractivity contribution in [2.75, 3.05) is 13.2 Å². The highest BCUT2D eigenvalue weighted by Crippen LogP contribution is 2.33. The smallest absolute Gasteiger partial charge is 0.330 e. The molecule has 8 nitrogen and oxygen atoms in total. The van der Waals surface area contributed by atoms with Crippen LogP contribution in [0.25, 0.3) is 0 Å². The van der Waals surface area contributed by atoms with E-state index in [-0.39, 0.29) is 12.5 Å². The maximum atomic E-state index is 14.7. The van der Waals surface area contributed by atoms with E-state index in [0.717, 1.165) is 0 Å². The maximum absolute atomic E-state index is 14.7. The van der Waals surface area contributed by atoms with E-state index in [0.29, 0.717) is 15.8 Å². The van der Waals surface area contributed by atoms with Crippen molar-refractivity contribution in [3.63, 3.8) is 0 Å². The first-order valence-electron chi connectivity index (χ1n) is 7.13. The number of halogens is 2. The normalized spacial score (nSPS) is 28.0. The molecular weight excluding hydrogens is 316 g/mol. The van der Waals surface area contributed by atoms with Gasteiger partial charge in [-0.2, -0.15) is 9.45 Å². The van der Waals surface area contributed by atoms with Gasteiger partial charge in [-0.05, 0) is 5.92 Å². The Bertz CT molecular complexity index is 662. The zero-order valence-corrected chi connectivity index (χ0v) is 12.6. The van der Waals surface area contributed by atoms with Crippen molar-refractivity contribution in [3.8, 4) is 0 Å². The van der Waals surface area contributed by atoms with Crippen LogP contribution in [0.1, 0.15) is 20.1 Å². The highest BCUT2D eigenvalue weighted by molar-refractivity contribution is 4.97. The second-order valence-electron chi connectivity index (χ2n) is 5.84. The number of aliphatic hydroxyl groups is 1. The summed E-state index contributed by atoms with van der Waals surface area (Å²) in [4.78, 5) is 24.5. The number of H-pyrrole nitrogens is 1. The van der Waals surface area contributed by atoms with Gasteiger partial charge in [0.1, 0.15) is 6.10 Å². The quantitative estimate of drug-likeness (QED) is 0.633. The van der Waals surface area contributed by atoms with Gasteiger partial charge in [0, 0.05) is 6.54 Å². The van der Waals surface area contributed by atoms with Gasteiger partial charge < -0.3 is 15.1 Å². The SMILES string of the molecule is CC(C)CN(O)[C@H]1[C@H](F)[C@@H](n2cc(F)c(=O)[nH]c2=O)O[C@@H]1CO. The summed E-state index contributed by atoms with van der Waals surface area (Å²) in [6, 6.07) is -1.23. The Morgan fingerprint density at radius 1 is 1.48 bits per heavy atom. The second kappa shape index (κ2) is 6.87. The predicted octanol–water partition coefficient (Wildman–Crippen LogP) is -0.381. The molecule has 0 bridgehead atoms. The Morgan fingerprint density at radius 3 is 2.70 bits per heavy atom. The molecule has 130 valence electrons. The lowest BCUT2D eigenvalue weighted by Gasteiger charge is -2.27. The van der Waals surface area contributed by atoms with Crippen LogP contribution in [0.3, 0.4) is 0 Å². The number of hydroxylamine groups is 2. The molecule has 1 fully saturated rings. The average Bonchev–Trinajstić information content (AvgIpc) is 2.79. The van der Waals surface area contributed by atoms with E-state index in [1.54, 1.807) is 18.8 Å². The van der Waals surface area contributed by atoms with Crippen LogP contribution < -0.4 is 11.2 Å². The molecular formula is C13H19F2N3O5. The second-order valence-corrected chi connectivity index (χ2v) is 5.84. The topological polar surface area (TPSA) is 108 Å². The Hall–Kier alpha value is -1.62. The van der Waals surface area contributed by atoms with E-state index in [4.69, 9.17) is 4.74 Å². The van der Waals surface area contributed by atoms with Gasteiger partial charge in [0.2, 0.25) is 5.82 Å². The Balaban J connectivity index is 2.34. The minimum Gasteiger partial charge on any atom is -0.394 e. The minimum absolute atomic E-state index is 0.0128. The first-order valence-corrected chi connectivity index (χ1v) is 7.13. The standard InChI is InChI=1S/C13H19F2N3O5/c1-6(2)3-18(22)10-8(5-19)23-12(9(10)15)17-4-7(14)11(20)16-13(17)21/h4,6,8-10,12,19,22H,3,5H2,1-2H3,(H,16,20,21)/t8-,9+,10-,12+/m1/s1. The summed E-state index contributed by atoms with van der Waals surface area (Å²) < 4.78 is 33.8. The molecule has 2 rings (SSSR count). The van der Waals surface area contributed by atoms with Gasteiger partial charge in [0.25, 0.3) is 5.56 Å².